The molecule has 80 valence electrons. The van der Waals surface area contributed by atoms with Crippen LogP contribution in [0.2, 0.25) is 5.02 Å². The van der Waals surface area contributed by atoms with Crippen LogP contribution in [0.5, 0.6) is 0 Å². The van der Waals surface area contributed by atoms with E-state index in [9.17, 15) is 4.39 Å². The van der Waals surface area contributed by atoms with Crippen LogP contribution >= 0.6 is 11.6 Å². The molecule has 0 bridgehead atoms. The molecule has 0 radical (unpaired) electrons. The molecule has 0 amide bonds. The molecular weight excluding hydrogens is 229 g/mol. The third kappa shape index (κ3) is 1.90. The van der Waals surface area contributed by atoms with Gasteiger partial charge in [-0.2, -0.15) is 5.26 Å². The second-order valence-electron chi connectivity index (χ2n) is 3.19. The fourth-order valence-corrected chi connectivity index (χ4v) is 1.63. The highest BCUT2D eigenvalue weighted by molar-refractivity contribution is 6.31. The molecule has 2 rings (SSSR count). The lowest BCUT2D eigenvalue weighted by atomic mass is 10.2. The maximum atomic E-state index is 13.5. The highest BCUT2D eigenvalue weighted by Gasteiger charge is 2.09. The molecule has 0 saturated carbocycles. The summed E-state index contributed by atoms with van der Waals surface area (Å²) in [6, 6.07) is 6.41. The van der Waals surface area contributed by atoms with Gasteiger partial charge in [0.05, 0.1) is 6.54 Å². The minimum atomic E-state index is -0.384. The summed E-state index contributed by atoms with van der Waals surface area (Å²) in [6.45, 7) is 0.203. The Morgan fingerprint density at radius 3 is 3.00 bits per heavy atom. The molecule has 1 aromatic heterocycles. The van der Waals surface area contributed by atoms with Crippen LogP contribution in [0.4, 0.5) is 4.39 Å². The Kier molecular flexibility index (Phi) is 2.88. The lowest BCUT2D eigenvalue weighted by Gasteiger charge is -2.07. The Hall–Kier alpha value is -1.86. The van der Waals surface area contributed by atoms with Gasteiger partial charge in [0.25, 0.3) is 0 Å². The molecular formula is C11H7ClFN3. The van der Waals surface area contributed by atoms with Crippen molar-refractivity contribution < 1.29 is 4.39 Å². The van der Waals surface area contributed by atoms with Crippen LogP contribution in [0, 0.1) is 17.1 Å². The largest absolute Gasteiger partial charge is 0.318 e. The smallest absolute Gasteiger partial charge is 0.213 e. The standard InChI is InChI=1S/C11H7ClFN3/c12-9-2-1-3-10(13)8(9)7-16-5-4-15-11(16)6-14/h1-5H,7H2. The Labute approximate surface area is 96.7 Å². The molecule has 0 atom stereocenters. The van der Waals surface area contributed by atoms with Gasteiger partial charge in [-0.3, -0.25) is 0 Å². The monoisotopic (exact) mass is 235 g/mol. The average Bonchev–Trinajstić information content (AvgIpc) is 2.71. The Bertz CT molecular complexity index is 536. The van der Waals surface area contributed by atoms with E-state index in [2.05, 4.69) is 4.98 Å². The zero-order valence-electron chi connectivity index (χ0n) is 8.19. The number of nitriles is 1. The normalized spacial score (nSPS) is 10.1. The van der Waals surface area contributed by atoms with E-state index >= 15 is 0 Å². The number of nitrogens with zero attached hydrogens (tertiary/aromatic N) is 3. The highest BCUT2D eigenvalue weighted by Crippen LogP contribution is 2.20. The van der Waals surface area contributed by atoms with Crippen molar-refractivity contribution in [2.24, 2.45) is 0 Å². The lowest BCUT2D eigenvalue weighted by Crippen LogP contribution is -2.04. The van der Waals surface area contributed by atoms with Crippen molar-refractivity contribution in [2.75, 3.05) is 0 Å². The quantitative estimate of drug-likeness (QED) is 0.803. The van der Waals surface area contributed by atoms with Gasteiger partial charge in [0.2, 0.25) is 5.82 Å². The predicted molar refractivity (Wildman–Crippen MR) is 57.5 cm³/mol. The van der Waals surface area contributed by atoms with Crippen molar-refractivity contribution in [3.05, 3.63) is 52.8 Å². The van der Waals surface area contributed by atoms with Crippen molar-refractivity contribution in [3.8, 4) is 6.07 Å². The second-order valence-corrected chi connectivity index (χ2v) is 3.60. The Balaban J connectivity index is 2.38. The van der Waals surface area contributed by atoms with Crippen molar-refractivity contribution in [3.63, 3.8) is 0 Å². The minimum Gasteiger partial charge on any atom is -0.318 e. The molecule has 16 heavy (non-hydrogen) atoms. The van der Waals surface area contributed by atoms with Crippen LogP contribution in [0.1, 0.15) is 11.4 Å². The van der Waals surface area contributed by atoms with Gasteiger partial charge in [0, 0.05) is 23.0 Å². The molecule has 0 saturated heterocycles. The Morgan fingerprint density at radius 2 is 2.31 bits per heavy atom. The first-order valence-corrected chi connectivity index (χ1v) is 4.94. The van der Waals surface area contributed by atoms with Crippen LogP contribution < -0.4 is 0 Å². The number of imidazole rings is 1. The van der Waals surface area contributed by atoms with E-state index in [1.165, 1.54) is 12.3 Å². The summed E-state index contributed by atoms with van der Waals surface area (Å²) in [6.07, 6.45) is 3.11. The second kappa shape index (κ2) is 4.33. The molecule has 0 aliphatic carbocycles. The molecule has 0 fully saturated rings. The van der Waals surface area contributed by atoms with Gasteiger partial charge in [0.1, 0.15) is 11.9 Å². The first-order chi connectivity index (χ1) is 7.72. The van der Waals surface area contributed by atoms with Crippen molar-refractivity contribution >= 4 is 11.6 Å². The predicted octanol–water partition coefficient (Wildman–Crippen LogP) is 2.60. The molecule has 0 aliphatic heterocycles. The van der Waals surface area contributed by atoms with Gasteiger partial charge in [-0.1, -0.05) is 17.7 Å². The van der Waals surface area contributed by atoms with Gasteiger partial charge < -0.3 is 4.57 Å². The number of aromatic nitrogens is 2. The number of hydrogen-bond acceptors (Lipinski definition) is 2. The van der Waals surface area contributed by atoms with Crippen LogP contribution in [0.15, 0.2) is 30.6 Å². The van der Waals surface area contributed by atoms with Crippen molar-refractivity contribution in [1.82, 2.24) is 9.55 Å². The van der Waals surface area contributed by atoms with E-state index in [0.717, 1.165) is 0 Å². The molecule has 2 aromatic rings. The van der Waals surface area contributed by atoms with E-state index < -0.39 is 0 Å². The fourth-order valence-electron chi connectivity index (χ4n) is 1.40. The summed E-state index contributed by atoms with van der Waals surface area (Å²) in [5.74, 6) is -0.149. The van der Waals surface area contributed by atoms with Crippen molar-refractivity contribution in [2.45, 2.75) is 6.54 Å². The zero-order valence-corrected chi connectivity index (χ0v) is 8.95. The molecule has 1 aromatic carbocycles. The van der Waals surface area contributed by atoms with Gasteiger partial charge >= 0.3 is 0 Å². The van der Waals surface area contributed by atoms with E-state index in [0.29, 0.717) is 10.6 Å². The number of halogens is 2. The third-order valence-corrected chi connectivity index (χ3v) is 2.56. The van der Waals surface area contributed by atoms with E-state index in [1.54, 1.807) is 22.9 Å². The summed E-state index contributed by atoms with van der Waals surface area (Å²) in [5, 5.41) is 9.11. The molecule has 0 aliphatic rings. The lowest BCUT2D eigenvalue weighted by molar-refractivity contribution is 0.598. The summed E-state index contributed by atoms with van der Waals surface area (Å²) < 4.78 is 15.0. The van der Waals surface area contributed by atoms with Crippen molar-refractivity contribution in [1.29, 1.82) is 5.26 Å². The first kappa shape index (κ1) is 10.7. The number of benzene rings is 1. The molecule has 0 spiro atoms. The minimum absolute atomic E-state index is 0.203. The third-order valence-electron chi connectivity index (χ3n) is 2.21. The highest BCUT2D eigenvalue weighted by atomic mass is 35.5. The number of hydrogen-bond donors (Lipinski definition) is 0. The zero-order chi connectivity index (χ0) is 11.5. The van der Waals surface area contributed by atoms with Gasteiger partial charge in [-0.25, -0.2) is 9.37 Å². The summed E-state index contributed by atoms with van der Waals surface area (Å²) in [4.78, 5) is 3.83. The molecule has 0 unspecified atom stereocenters. The van der Waals surface area contributed by atoms with Gasteiger partial charge in [-0.05, 0) is 12.1 Å². The first-order valence-electron chi connectivity index (χ1n) is 4.56. The van der Waals surface area contributed by atoms with Crippen LogP contribution in [0.25, 0.3) is 0 Å². The summed E-state index contributed by atoms with van der Waals surface area (Å²) in [7, 11) is 0. The topological polar surface area (TPSA) is 41.6 Å². The van der Waals surface area contributed by atoms with Crippen LogP contribution in [-0.4, -0.2) is 9.55 Å². The number of rotatable bonds is 2. The summed E-state index contributed by atoms with van der Waals surface area (Å²) in [5.41, 5.74) is 0.360. The van der Waals surface area contributed by atoms with E-state index in [4.69, 9.17) is 16.9 Å². The van der Waals surface area contributed by atoms with Gasteiger partial charge in [-0.15, -0.1) is 0 Å². The molecule has 1 heterocycles. The average molecular weight is 236 g/mol. The van der Waals surface area contributed by atoms with Crippen LogP contribution in [0.3, 0.4) is 0 Å². The summed E-state index contributed by atoms with van der Waals surface area (Å²) >= 11 is 5.89. The maximum Gasteiger partial charge on any atom is 0.213 e. The Morgan fingerprint density at radius 1 is 1.50 bits per heavy atom. The van der Waals surface area contributed by atoms with E-state index in [-0.39, 0.29) is 18.2 Å². The van der Waals surface area contributed by atoms with Gasteiger partial charge in [0.15, 0.2) is 0 Å². The fraction of sp³-hybridized carbons (Fsp3) is 0.0909. The van der Waals surface area contributed by atoms with Crippen LogP contribution in [-0.2, 0) is 6.54 Å². The van der Waals surface area contributed by atoms with E-state index in [1.807, 2.05) is 6.07 Å². The SMILES string of the molecule is N#Cc1nccn1Cc1c(F)cccc1Cl. The molecule has 0 N–H and O–H groups in total. The molecule has 3 nitrogen and oxygen atoms in total. The molecule has 5 heteroatoms. The maximum absolute atomic E-state index is 13.5.